The third-order valence-electron chi connectivity index (χ3n) is 6.41. The van der Waals surface area contributed by atoms with Crippen LogP contribution in [0.5, 0.6) is 0 Å². The molecule has 0 saturated carbocycles. The highest BCUT2D eigenvalue weighted by Gasteiger charge is 2.49. The van der Waals surface area contributed by atoms with Crippen LogP contribution in [-0.4, -0.2) is 100 Å². The Bertz CT molecular complexity index is 683. The lowest BCUT2D eigenvalue weighted by molar-refractivity contribution is 0.123. The van der Waals surface area contributed by atoms with Gasteiger partial charge in [0.05, 0.1) is 0 Å². The van der Waals surface area contributed by atoms with Crippen molar-refractivity contribution >= 4 is 51.6 Å². The molecule has 0 aromatic carbocycles. The van der Waals surface area contributed by atoms with Crippen LogP contribution >= 0.6 is 0 Å². The molecule has 0 rings (SSSR count). The minimum atomic E-state index is -2.84. The molecule has 0 radical (unpaired) electrons. The minimum Gasteiger partial charge on any atom is -0.437 e. The first-order chi connectivity index (χ1) is 18.8. The molecule has 0 saturated heterocycles. The molecular weight excluding hydrogens is 627 g/mol. The second kappa shape index (κ2) is 19.4. The van der Waals surface area contributed by atoms with Crippen molar-refractivity contribution in [3.63, 3.8) is 0 Å². The van der Waals surface area contributed by atoms with Crippen molar-refractivity contribution < 1.29 is 38.6 Å². The van der Waals surface area contributed by atoms with Gasteiger partial charge in [-0.25, -0.2) is 0 Å². The average molecular weight is 692 g/mol. The summed E-state index contributed by atoms with van der Waals surface area (Å²) in [6.07, 6.45) is 7.97. The summed E-state index contributed by atoms with van der Waals surface area (Å²) in [6, 6.07) is 1.62. The highest BCUT2D eigenvalue weighted by molar-refractivity contribution is 6.89. The van der Waals surface area contributed by atoms with Crippen LogP contribution in [0.3, 0.4) is 0 Å². The molecule has 0 aliphatic rings. The highest BCUT2D eigenvalue weighted by Crippen LogP contribution is 2.28. The van der Waals surface area contributed by atoms with Gasteiger partial charge in [0.25, 0.3) is 0 Å². The van der Waals surface area contributed by atoms with Crippen LogP contribution in [0.4, 0.5) is 0 Å². The molecule has 0 aromatic rings. The SMILES string of the molecule is CO[Si](CCCNCCCCCCCC[Si](OC)(OC)O[Si](C)(C)O[Si](C)(C)O[Si](C)(C)O[Si](C)(C)C)(OC)OC. The second-order valence-corrected chi connectivity index (χ2v) is 34.5. The monoisotopic (exact) mass is 691 g/mol. The molecule has 0 bridgehead atoms. The van der Waals surface area contributed by atoms with Crippen molar-refractivity contribution in [2.45, 2.75) is 116 Å². The molecule has 0 aliphatic heterocycles. The third kappa shape index (κ3) is 19.1. The fourth-order valence-electron chi connectivity index (χ4n) is 5.19. The van der Waals surface area contributed by atoms with E-state index >= 15 is 0 Å². The zero-order valence-corrected chi connectivity index (χ0v) is 35.0. The molecule has 248 valence electrons. The predicted molar refractivity (Wildman–Crippen MR) is 181 cm³/mol. The molecule has 0 heterocycles. The van der Waals surface area contributed by atoms with E-state index < -0.39 is 51.6 Å². The van der Waals surface area contributed by atoms with E-state index in [1.54, 1.807) is 35.5 Å². The summed E-state index contributed by atoms with van der Waals surface area (Å²) in [5.74, 6) is 0. The topological polar surface area (TPSA) is 95.1 Å². The first kappa shape index (κ1) is 41.9. The van der Waals surface area contributed by atoms with Gasteiger partial charge in [-0.1, -0.05) is 25.7 Å². The summed E-state index contributed by atoms with van der Waals surface area (Å²) in [7, 11) is -6.00. The molecule has 0 amide bonds. The van der Waals surface area contributed by atoms with Gasteiger partial charge in [-0.3, -0.25) is 0 Å². The predicted octanol–water partition coefficient (Wildman–Crippen LogP) is 6.42. The summed E-state index contributed by atoms with van der Waals surface area (Å²) in [5.41, 5.74) is 0. The number of unbranched alkanes of at least 4 members (excludes halogenated alkanes) is 5. The lowest BCUT2D eigenvalue weighted by Crippen LogP contribution is -2.60. The zero-order chi connectivity index (χ0) is 31.8. The van der Waals surface area contributed by atoms with Gasteiger partial charge in [0.15, 0.2) is 8.32 Å². The fourth-order valence-corrected chi connectivity index (χ4v) is 29.2. The molecule has 0 aromatic heterocycles. The van der Waals surface area contributed by atoms with Gasteiger partial charge in [-0.05, 0) is 91.3 Å². The lowest BCUT2D eigenvalue weighted by Gasteiger charge is -2.42. The standard InChI is InChI=1S/C25H65NO9Si6/c1-27-40(28-2,29-3)25-21-23-26-22-19-17-15-16-18-20-24-41(30-4,31-5)35-39(13,14)34-38(11,12)33-37(9,10)32-36(6,7)8/h26H,15-25H2,1-14H3. The third-order valence-corrected chi connectivity index (χ3v) is 26.9. The smallest absolute Gasteiger partial charge is 0.437 e. The Kier molecular flexibility index (Phi) is 19.9. The van der Waals surface area contributed by atoms with E-state index in [4.69, 9.17) is 38.6 Å². The van der Waals surface area contributed by atoms with E-state index in [9.17, 15) is 0 Å². The van der Waals surface area contributed by atoms with Crippen LogP contribution in [0.1, 0.15) is 44.9 Å². The molecular formula is C25H65NO9Si6. The van der Waals surface area contributed by atoms with Gasteiger partial charge >= 0.3 is 43.3 Å². The molecule has 0 fully saturated rings. The number of nitrogens with one attached hydrogen (secondary N) is 1. The number of hydrogen-bond donors (Lipinski definition) is 1. The van der Waals surface area contributed by atoms with Gasteiger partial charge in [0, 0.05) is 47.6 Å². The quantitative estimate of drug-likeness (QED) is 0.0809. The first-order valence-corrected chi connectivity index (χ1v) is 30.8. The molecule has 0 aliphatic carbocycles. The maximum absolute atomic E-state index is 6.63. The summed E-state index contributed by atoms with van der Waals surface area (Å²) in [6.45, 7) is 21.1. The minimum absolute atomic E-state index is 0.790. The summed E-state index contributed by atoms with van der Waals surface area (Å²) < 4.78 is 54.5. The average Bonchev–Trinajstić information content (AvgIpc) is 2.83. The van der Waals surface area contributed by atoms with Gasteiger partial charge in [-0.2, -0.15) is 0 Å². The molecule has 1 N–H and O–H groups in total. The van der Waals surface area contributed by atoms with Crippen LogP contribution in [-0.2, 0) is 38.6 Å². The fraction of sp³-hybridized carbons (Fsp3) is 1.00. The van der Waals surface area contributed by atoms with E-state index in [0.29, 0.717) is 0 Å². The number of hydrogen-bond acceptors (Lipinski definition) is 10. The van der Waals surface area contributed by atoms with Crippen molar-refractivity contribution in [3.05, 3.63) is 0 Å². The van der Waals surface area contributed by atoms with Crippen LogP contribution in [0.2, 0.25) is 71.0 Å². The molecule has 0 unspecified atom stereocenters. The summed E-state index contributed by atoms with van der Waals surface area (Å²) in [4.78, 5) is 0. The van der Waals surface area contributed by atoms with Gasteiger partial charge in [0.1, 0.15) is 0 Å². The zero-order valence-electron chi connectivity index (χ0n) is 29.0. The molecule has 16 heteroatoms. The van der Waals surface area contributed by atoms with Crippen molar-refractivity contribution in [2.75, 3.05) is 48.6 Å². The van der Waals surface area contributed by atoms with Crippen LogP contribution < -0.4 is 5.32 Å². The number of rotatable bonds is 26. The molecule has 0 spiro atoms. The van der Waals surface area contributed by atoms with Crippen LogP contribution in [0, 0.1) is 0 Å². The Balaban J connectivity index is 4.45. The van der Waals surface area contributed by atoms with Gasteiger partial charge in [0.2, 0.25) is 0 Å². The van der Waals surface area contributed by atoms with Gasteiger partial charge in [-0.15, -0.1) is 0 Å². The van der Waals surface area contributed by atoms with E-state index in [1.807, 2.05) is 0 Å². The maximum atomic E-state index is 6.63. The largest absolute Gasteiger partial charge is 0.500 e. The Hall–Kier alpha value is 0.901. The summed E-state index contributed by atoms with van der Waals surface area (Å²) in [5, 5.41) is 3.52. The molecule has 0 atom stereocenters. The van der Waals surface area contributed by atoms with Gasteiger partial charge < -0.3 is 43.9 Å². The molecule has 10 nitrogen and oxygen atoms in total. The first-order valence-electron chi connectivity index (χ1n) is 15.1. The highest BCUT2D eigenvalue weighted by atomic mass is 28.5. The van der Waals surface area contributed by atoms with Crippen molar-refractivity contribution in [3.8, 4) is 0 Å². The Labute approximate surface area is 259 Å². The Morgan fingerprint density at radius 3 is 1.22 bits per heavy atom. The van der Waals surface area contributed by atoms with E-state index in [-0.39, 0.29) is 0 Å². The lowest BCUT2D eigenvalue weighted by atomic mass is 10.1. The van der Waals surface area contributed by atoms with E-state index in [1.165, 1.54) is 25.7 Å². The van der Waals surface area contributed by atoms with E-state index in [0.717, 1.165) is 44.4 Å². The Morgan fingerprint density at radius 2 is 0.756 bits per heavy atom. The normalized spacial score (nSPS) is 14.2. The van der Waals surface area contributed by atoms with Crippen molar-refractivity contribution in [1.82, 2.24) is 5.32 Å². The van der Waals surface area contributed by atoms with Crippen molar-refractivity contribution in [2.24, 2.45) is 0 Å². The maximum Gasteiger partial charge on any atom is 0.500 e. The summed E-state index contributed by atoms with van der Waals surface area (Å²) >= 11 is 0. The second-order valence-electron chi connectivity index (χ2n) is 12.8. The Morgan fingerprint density at radius 1 is 0.390 bits per heavy atom. The van der Waals surface area contributed by atoms with Crippen LogP contribution in [0.25, 0.3) is 0 Å². The molecule has 41 heavy (non-hydrogen) atoms. The van der Waals surface area contributed by atoms with E-state index in [2.05, 4.69) is 64.2 Å². The van der Waals surface area contributed by atoms with Crippen molar-refractivity contribution in [1.29, 1.82) is 0 Å². The van der Waals surface area contributed by atoms with Crippen LogP contribution in [0.15, 0.2) is 0 Å².